The Labute approximate surface area is 274 Å². The summed E-state index contributed by atoms with van der Waals surface area (Å²) in [6.07, 6.45) is 3.35. The number of carbonyl (C=O) groups is 2. The third-order valence-electron chi connectivity index (χ3n) is 8.75. The fourth-order valence-electron chi connectivity index (χ4n) is 6.26. The maximum Gasteiger partial charge on any atom is 0.413 e. The van der Waals surface area contributed by atoms with E-state index in [1.165, 1.54) is 41.7 Å². The maximum absolute atomic E-state index is 13.3. The molecule has 3 unspecified atom stereocenters. The number of rotatable bonds is 11. The lowest BCUT2D eigenvalue weighted by Crippen LogP contribution is -2.33. The molecule has 1 fully saturated rings. The topological polar surface area (TPSA) is 123 Å². The van der Waals surface area contributed by atoms with E-state index in [0.717, 1.165) is 29.0 Å². The Morgan fingerprint density at radius 1 is 0.915 bits per heavy atom. The summed E-state index contributed by atoms with van der Waals surface area (Å²) in [5.74, 6) is -0.128. The van der Waals surface area contributed by atoms with Crippen molar-refractivity contribution >= 4 is 38.9 Å². The first-order valence-corrected chi connectivity index (χ1v) is 17.1. The van der Waals surface area contributed by atoms with Gasteiger partial charge in [0, 0.05) is 31.2 Å². The highest BCUT2D eigenvalue weighted by Crippen LogP contribution is 2.37. The molecule has 5 aromatic rings. The molecule has 1 N–H and O–H groups in total. The van der Waals surface area contributed by atoms with Gasteiger partial charge < -0.3 is 4.74 Å². The lowest BCUT2D eigenvalue weighted by atomic mass is 9.94. The summed E-state index contributed by atoms with van der Waals surface area (Å²) in [5.41, 5.74) is 3.78. The van der Waals surface area contributed by atoms with E-state index in [9.17, 15) is 18.0 Å². The average Bonchev–Trinajstić information content (AvgIpc) is 3.68. The van der Waals surface area contributed by atoms with Gasteiger partial charge in [-0.3, -0.25) is 15.0 Å². The molecule has 10 nitrogen and oxygen atoms in total. The number of benzene rings is 3. The standard InChI is InChI=1S/C36H37N5O5S/c1-25-13-15-30(16-14-25)47(44,45)41-18-17-32-35(41)37-21-34(38-32)39-36(43)46-24-33(42)31-20-29(19-26(31)2)40(22-27-9-5-3-6-10-27)23-28-11-7-4-8-12-28/h3-18,21,26,29,31H,19-20,22-24H2,1-2H3,(H,38,39,43). The van der Waals surface area contributed by atoms with Crippen molar-refractivity contribution in [2.75, 3.05) is 11.9 Å². The highest BCUT2D eigenvalue weighted by molar-refractivity contribution is 7.90. The number of aromatic nitrogens is 3. The number of ether oxygens (including phenoxy) is 1. The van der Waals surface area contributed by atoms with Crippen LogP contribution in [0.25, 0.3) is 11.2 Å². The Balaban J connectivity index is 1.06. The summed E-state index contributed by atoms with van der Waals surface area (Å²) in [5, 5.41) is 2.50. The summed E-state index contributed by atoms with van der Waals surface area (Å²) >= 11 is 0. The highest BCUT2D eigenvalue weighted by Gasteiger charge is 2.38. The summed E-state index contributed by atoms with van der Waals surface area (Å²) in [6, 6.07) is 28.9. The Morgan fingerprint density at radius 2 is 1.55 bits per heavy atom. The Hall–Kier alpha value is -4.87. The first kappa shape index (κ1) is 32.1. The van der Waals surface area contributed by atoms with E-state index in [1.54, 1.807) is 12.1 Å². The molecule has 0 spiro atoms. The molecule has 6 rings (SSSR count). The van der Waals surface area contributed by atoms with E-state index >= 15 is 0 Å². The summed E-state index contributed by atoms with van der Waals surface area (Å²) < 4.78 is 32.7. The smallest absolute Gasteiger partial charge is 0.413 e. The third kappa shape index (κ3) is 7.42. The Bertz CT molecular complexity index is 1920. The van der Waals surface area contributed by atoms with Crippen molar-refractivity contribution in [3.05, 3.63) is 120 Å². The first-order chi connectivity index (χ1) is 22.7. The third-order valence-corrected chi connectivity index (χ3v) is 10.4. The minimum atomic E-state index is -3.89. The predicted molar refractivity (Wildman–Crippen MR) is 179 cm³/mol. The quantitative estimate of drug-likeness (QED) is 0.179. The van der Waals surface area contributed by atoms with Crippen molar-refractivity contribution in [2.45, 2.75) is 50.7 Å². The fourth-order valence-corrected chi connectivity index (χ4v) is 7.56. The molecule has 242 valence electrons. The van der Waals surface area contributed by atoms with Gasteiger partial charge in [0.05, 0.1) is 11.1 Å². The molecule has 2 aromatic heterocycles. The van der Waals surface area contributed by atoms with Crippen LogP contribution in [0.4, 0.5) is 10.6 Å². The van der Waals surface area contributed by atoms with Crippen molar-refractivity contribution in [3.8, 4) is 0 Å². The van der Waals surface area contributed by atoms with Gasteiger partial charge in [-0.1, -0.05) is 85.3 Å². The second-order valence-electron chi connectivity index (χ2n) is 12.1. The maximum atomic E-state index is 13.3. The zero-order chi connectivity index (χ0) is 33.0. The van der Waals surface area contributed by atoms with Crippen LogP contribution in [0.2, 0.25) is 0 Å². The first-order valence-electron chi connectivity index (χ1n) is 15.6. The van der Waals surface area contributed by atoms with Crippen LogP contribution in [0.5, 0.6) is 0 Å². The molecule has 0 saturated heterocycles. The van der Waals surface area contributed by atoms with Crippen LogP contribution in [0.1, 0.15) is 36.5 Å². The van der Waals surface area contributed by atoms with E-state index < -0.39 is 16.1 Å². The number of amides is 1. The number of carbonyl (C=O) groups excluding carboxylic acids is 2. The minimum Gasteiger partial charge on any atom is -0.441 e. The molecular weight excluding hydrogens is 614 g/mol. The molecule has 1 amide bonds. The molecule has 2 heterocycles. The average molecular weight is 652 g/mol. The number of anilines is 1. The van der Waals surface area contributed by atoms with Gasteiger partial charge in [0.1, 0.15) is 5.52 Å². The molecule has 0 bridgehead atoms. The number of Topliss-reactive ketones (excluding diaryl/α,β-unsaturated/α-hetero) is 1. The molecular formula is C36H37N5O5S. The van der Waals surface area contributed by atoms with Crippen LogP contribution in [0.15, 0.2) is 108 Å². The lowest BCUT2D eigenvalue weighted by Gasteiger charge is -2.29. The Morgan fingerprint density at radius 3 is 2.19 bits per heavy atom. The highest BCUT2D eigenvalue weighted by atomic mass is 32.2. The zero-order valence-electron chi connectivity index (χ0n) is 26.3. The molecule has 1 aliphatic rings. The Kier molecular flexibility index (Phi) is 9.46. The monoisotopic (exact) mass is 651 g/mol. The molecule has 47 heavy (non-hydrogen) atoms. The minimum absolute atomic E-state index is 0.0761. The van der Waals surface area contributed by atoms with Crippen molar-refractivity contribution in [1.82, 2.24) is 18.8 Å². The molecule has 11 heteroatoms. The number of hydrogen-bond acceptors (Lipinski definition) is 8. The number of hydrogen-bond donors (Lipinski definition) is 1. The van der Waals surface area contributed by atoms with Crippen LogP contribution in [-0.2, 0) is 32.6 Å². The number of fused-ring (bicyclic) bond motifs is 1. The van der Waals surface area contributed by atoms with Gasteiger partial charge in [-0.15, -0.1) is 0 Å². The van der Waals surface area contributed by atoms with Gasteiger partial charge in [-0.25, -0.2) is 27.2 Å². The molecule has 0 radical (unpaired) electrons. The van der Waals surface area contributed by atoms with Crippen LogP contribution < -0.4 is 5.32 Å². The second-order valence-corrected chi connectivity index (χ2v) is 14.0. The van der Waals surface area contributed by atoms with E-state index in [4.69, 9.17) is 4.74 Å². The van der Waals surface area contributed by atoms with Crippen LogP contribution in [0.3, 0.4) is 0 Å². The van der Waals surface area contributed by atoms with Gasteiger partial charge >= 0.3 is 6.09 Å². The predicted octanol–water partition coefficient (Wildman–Crippen LogP) is 6.21. The fraction of sp³-hybridized carbons (Fsp3) is 0.278. The van der Waals surface area contributed by atoms with E-state index in [2.05, 4.69) is 51.4 Å². The largest absolute Gasteiger partial charge is 0.441 e. The zero-order valence-corrected chi connectivity index (χ0v) is 27.1. The number of nitrogens with one attached hydrogen (secondary N) is 1. The van der Waals surface area contributed by atoms with E-state index in [1.807, 2.05) is 43.3 Å². The van der Waals surface area contributed by atoms with Gasteiger partial charge in [-0.2, -0.15) is 0 Å². The van der Waals surface area contributed by atoms with Crippen molar-refractivity contribution in [2.24, 2.45) is 11.8 Å². The molecule has 1 aliphatic carbocycles. The molecule has 1 saturated carbocycles. The van der Waals surface area contributed by atoms with Crippen LogP contribution >= 0.6 is 0 Å². The lowest BCUT2D eigenvalue weighted by molar-refractivity contribution is -0.126. The van der Waals surface area contributed by atoms with Gasteiger partial charge in [0.15, 0.2) is 23.9 Å². The molecule has 3 atom stereocenters. The SMILES string of the molecule is Cc1ccc(S(=O)(=O)n2ccc3nc(NC(=O)OCC(=O)C4CC(N(Cc5ccccc5)Cc5ccccc5)CC4C)cnc32)cc1. The van der Waals surface area contributed by atoms with Gasteiger partial charge in [-0.05, 0) is 55.0 Å². The van der Waals surface area contributed by atoms with Crippen molar-refractivity contribution < 1.29 is 22.7 Å². The number of ketones is 1. The van der Waals surface area contributed by atoms with E-state index in [-0.39, 0.29) is 52.1 Å². The second kappa shape index (κ2) is 13.9. The van der Waals surface area contributed by atoms with Gasteiger partial charge in [0.2, 0.25) is 0 Å². The number of nitrogens with zero attached hydrogens (tertiary/aromatic N) is 4. The summed E-state index contributed by atoms with van der Waals surface area (Å²) in [4.78, 5) is 37.1. The summed E-state index contributed by atoms with van der Waals surface area (Å²) in [6.45, 7) is 5.16. The van der Waals surface area contributed by atoms with Crippen LogP contribution in [-0.4, -0.2) is 51.8 Å². The molecule has 0 aliphatic heterocycles. The number of aryl methyl sites for hydroxylation is 1. The van der Waals surface area contributed by atoms with Crippen LogP contribution in [0, 0.1) is 18.8 Å². The van der Waals surface area contributed by atoms with Gasteiger partial charge in [0.25, 0.3) is 10.0 Å². The van der Waals surface area contributed by atoms with E-state index in [0.29, 0.717) is 6.42 Å². The normalized spacial score (nSPS) is 18.0. The van der Waals surface area contributed by atoms with Crippen molar-refractivity contribution in [3.63, 3.8) is 0 Å². The van der Waals surface area contributed by atoms with Crippen molar-refractivity contribution in [1.29, 1.82) is 0 Å². The molecule has 3 aromatic carbocycles. The summed E-state index contributed by atoms with van der Waals surface area (Å²) in [7, 11) is -3.89.